The first-order chi connectivity index (χ1) is 7.74. The first kappa shape index (κ1) is 14.3. The Kier molecular flexibility index (Phi) is 4.42. The maximum absolute atomic E-state index is 11.2. The topological polar surface area (TPSA) is 69.1 Å². The van der Waals surface area contributed by atoms with Crippen LogP contribution < -0.4 is 11.5 Å². The van der Waals surface area contributed by atoms with Crippen LogP contribution in [0.3, 0.4) is 0 Å². The number of carbonyl (C=O) groups is 1. The van der Waals surface area contributed by atoms with Crippen LogP contribution in [-0.4, -0.2) is 5.91 Å². The maximum Gasteiger partial charge on any atom is 0.223 e. The van der Waals surface area contributed by atoms with Crippen LogP contribution in [0, 0.1) is 5.41 Å². The first-order valence-electron chi connectivity index (χ1n) is 5.24. The lowest BCUT2D eigenvalue weighted by Gasteiger charge is -2.24. The van der Waals surface area contributed by atoms with Crippen molar-refractivity contribution in [2.45, 2.75) is 26.3 Å². The molecule has 0 aliphatic rings. The number of nitrogens with two attached hydrogens (primary N) is 2. The molecule has 1 atom stereocenters. The largest absolute Gasteiger partial charge is 0.369 e. The summed E-state index contributed by atoms with van der Waals surface area (Å²) in [6.45, 7) is 3.54. The van der Waals surface area contributed by atoms with E-state index in [-0.39, 0.29) is 11.9 Å². The number of hydrogen-bond acceptors (Lipinski definition) is 2. The molecule has 1 unspecified atom stereocenters. The quantitative estimate of drug-likeness (QED) is 0.887. The molecule has 0 saturated carbocycles. The molecule has 94 valence electrons. The van der Waals surface area contributed by atoms with Crippen molar-refractivity contribution < 1.29 is 4.79 Å². The number of halogens is 2. The van der Waals surface area contributed by atoms with Gasteiger partial charge in [-0.05, 0) is 24.1 Å². The highest BCUT2D eigenvalue weighted by Gasteiger charge is 2.28. The van der Waals surface area contributed by atoms with E-state index in [9.17, 15) is 4.79 Å². The molecular weight excluding hydrogens is 259 g/mol. The molecule has 0 aromatic heterocycles. The van der Waals surface area contributed by atoms with Crippen LogP contribution in [0.1, 0.15) is 31.9 Å². The lowest BCUT2D eigenvalue weighted by Crippen LogP contribution is -2.34. The van der Waals surface area contributed by atoms with Gasteiger partial charge in [-0.1, -0.05) is 43.1 Å². The molecule has 1 aromatic rings. The van der Waals surface area contributed by atoms with Gasteiger partial charge >= 0.3 is 0 Å². The van der Waals surface area contributed by atoms with Crippen molar-refractivity contribution in [3.05, 3.63) is 33.8 Å². The van der Waals surface area contributed by atoms with Gasteiger partial charge in [-0.25, -0.2) is 0 Å². The summed E-state index contributed by atoms with van der Waals surface area (Å²) < 4.78 is 0. The minimum absolute atomic E-state index is 0.299. The van der Waals surface area contributed by atoms with Crippen LogP contribution in [-0.2, 0) is 4.79 Å². The summed E-state index contributed by atoms with van der Waals surface area (Å²) in [5, 5.41) is 0.938. The molecule has 1 aromatic carbocycles. The Morgan fingerprint density at radius 3 is 2.41 bits per heavy atom. The standard InChI is InChI=1S/C12H16Cl2N2O/c1-12(2,11(16)17)6-10(15)7-3-4-8(13)9(14)5-7/h3-5,10H,6,15H2,1-2H3,(H2,16,17). The molecule has 0 spiro atoms. The third kappa shape index (κ3) is 3.60. The summed E-state index contributed by atoms with van der Waals surface area (Å²) in [7, 11) is 0. The molecule has 0 radical (unpaired) electrons. The zero-order chi connectivity index (χ0) is 13.2. The van der Waals surface area contributed by atoms with Crippen molar-refractivity contribution in [1.29, 1.82) is 0 Å². The number of hydrogen-bond donors (Lipinski definition) is 2. The lowest BCUT2D eigenvalue weighted by atomic mass is 9.83. The predicted molar refractivity (Wildman–Crippen MR) is 71.0 cm³/mol. The molecule has 0 fully saturated rings. The van der Waals surface area contributed by atoms with Gasteiger partial charge in [-0.2, -0.15) is 0 Å². The van der Waals surface area contributed by atoms with Gasteiger partial charge in [0.05, 0.1) is 10.0 Å². The van der Waals surface area contributed by atoms with E-state index in [1.165, 1.54) is 0 Å². The van der Waals surface area contributed by atoms with Crippen LogP contribution in [0.25, 0.3) is 0 Å². The molecule has 3 nitrogen and oxygen atoms in total. The van der Waals surface area contributed by atoms with Gasteiger partial charge in [0.15, 0.2) is 0 Å². The molecule has 4 N–H and O–H groups in total. The van der Waals surface area contributed by atoms with Crippen molar-refractivity contribution in [3.63, 3.8) is 0 Å². The van der Waals surface area contributed by atoms with Gasteiger partial charge in [-0.3, -0.25) is 4.79 Å². The second kappa shape index (κ2) is 5.25. The molecule has 0 aliphatic heterocycles. The van der Waals surface area contributed by atoms with E-state index < -0.39 is 5.41 Å². The Labute approximate surface area is 111 Å². The zero-order valence-corrected chi connectivity index (χ0v) is 11.3. The maximum atomic E-state index is 11.2. The van der Waals surface area contributed by atoms with Crippen molar-refractivity contribution >= 4 is 29.1 Å². The predicted octanol–water partition coefficient (Wildman–Crippen LogP) is 2.89. The van der Waals surface area contributed by atoms with Crippen LogP contribution >= 0.6 is 23.2 Å². The number of carbonyl (C=O) groups excluding carboxylic acids is 1. The number of primary amides is 1. The Bertz CT molecular complexity index is 433. The number of amides is 1. The molecule has 0 saturated heterocycles. The molecule has 5 heteroatoms. The fourth-order valence-corrected chi connectivity index (χ4v) is 1.82. The highest BCUT2D eigenvalue weighted by Crippen LogP contribution is 2.31. The van der Waals surface area contributed by atoms with E-state index in [0.29, 0.717) is 16.5 Å². The molecular formula is C12H16Cl2N2O. The third-order valence-electron chi connectivity index (χ3n) is 2.77. The lowest BCUT2D eigenvalue weighted by molar-refractivity contribution is -0.126. The van der Waals surface area contributed by atoms with Gasteiger partial charge in [0.2, 0.25) is 5.91 Å². The fraction of sp³-hybridized carbons (Fsp3) is 0.417. The average molecular weight is 275 g/mol. The van der Waals surface area contributed by atoms with Gasteiger partial charge in [-0.15, -0.1) is 0 Å². The smallest absolute Gasteiger partial charge is 0.223 e. The van der Waals surface area contributed by atoms with Gasteiger partial charge in [0.1, 0.15) is 0 Å². The second-order valence-corrected chi connectivity index (χ2v) is 5.55. The van der Waals surface area contributed by atoms with Crippen molar-refractivity contribution in [1.82, 2.24) is 0 Å². The van der Waals surface area contributed by atoms with Crippen LogP contribution in [0.5, 0.6) is 0 Å². The zero-order valence-electron chi connectivity index (χ0n) is 9.84. The minimum atomic E-state index is -0.647. The van der Waals surface area contributed by atoms with Gasteiger partial charge in [0.25, 0.3) is 0 Å². The summed E-state index contributed by atoms with van der Waals surface area (Å²) >= 11 is 11.7. The fourth-order valence-electron chi connectivity index (χ4n) is 1.51. The van der Waals surface area contributed by atoms with E-state index in [1.807, 2.05) is 0 Å². The summed E-state index contributed by atoms with van der Waals surface area (Å²) in [6, 6.07) is 4.91. The minimum Gasteiger partial charge on any atom is -0.369 e. The highest BCUT2D eigenvalue weighted by molar-refractivity contribution is 6.42. The molecule has 1 amide bonds. The summed E-state index contributed by atoms with van der Waals surface area (Å²) in [4.78, 5) is 11.2. The van der Waals surface area contributed by atoms with E-state index in [2.05, 4.69) is 0 Å². The summed E-state index contributed by atoms with van der Waals surface area (Å²) in [5.74, 6) is -0.368. The van der Waals surface area contributed by atoms with Gasteiger partial charge in [0, 0.05) is 11.5 Å². The summed E-state index contributed by atoms with van der Waals surface area (Å²) in [6.07, 6.45) is 0.459. The van der Waals surface area contributed by atoms with Crippen LogP contribution in [0.2, 0.25) is 10.0 Å². The highest BCUT2D eigenvalue weighted by atomic mass is 35.5. The van der Waals surface area contributed by atoms with Crippen molar-refractivity contribution in [2.75, 3.05) is 0 Å². The average Bonchev–Trinajstić information content (AvgIpc) is 2.21. The summed E-state index contributed by atoms with van der Waals surface area (Å²) in [5.41, 5.74) is 11.5. The Balaban J connectivity index is 2.87. The van der Waals surface area contributed by atoms with Crippen molar-refractivity contribution in [2.24, 2.45) is 16.9 Å². The first-order valence-corrected chi connectivity index (χ1v) is 6.00. The molecule has 0 heterocycles. The molecule has 1 rings (SSSR count). The van der Waals surface area contributed by atoms with Crippen LogP contribution in [0.15, 0.2) is 18.2 Å². The number of benzene rings is 1. The Morgan fingerprint density at radius 1 is 1.35 bits per heavy atom. The van der Waals surface area contributed by atoms with Gasteiger partial charge < -0.3 is 11.5 Å². The third-order valence-corrected chi connectivity index (χ3v) is 3.51. The molecule has 17 heavy (non-hydrogen) atoms. The van der Waals surface area contributed by atoms with E-state index in [1.54, 1.807) is 32.0 Å². The van der Waals surface area contributed by atoms with E-state index >= 15 is 0 Å². The van der Waals surface area contributed by atoms with E-state index in [4.69, 9.17) is 34.7 Å². The Hall–Kier alpha value is -0.770. The molecule has 0 aliphatic carbocycles. The number of rotatable bonds is 4. The van der Waals surface area contributed by atoms with Crippen molar-refractivity contribution in [3.8, 4) is 0 Å². The van der Waals surface area contributed by atoms with E-state index in [0.717, 1.165) is 5.56 Å². The SMILES string of the molecule is CC(C)(CC(N)c1ccc(Cl)c(Cl)c1)C(N)=O. The monoisotopic (exact) mass is 274 g/mol. The van der Waals surface area contributed by atoms with Crippen LogP contribution in [0.4, 0.5) is 0 Å². The normalized spacial score (nSPS) is 13.5. The second-order valence-electron chi connectivity index (χ2n) is 4.73. The Morgan fingerprint density at radius 2 is 1.94 bits per heavy atom. The molecule has 0 bridgehead atoms.